The quantitative estimate of drug-likeness (QED) is 0.296. The number of non-ortho nitro benzene ring substituents is 2. The average molecular weight is 544 g/mol. The molecule has 1 heterocycles. The summed E-state index contributed by atoms with van der Waals surface area (Å²) in [6.07, 6.45) is 0. The zero-order chi connectivity index (χ0) is 29.2. The van der Waals surface area contributed by atoms with E-state index >= 15 is 0 Å². The zero-order valence-electron chi connectivity index (χ0n) is 18.7. The van der Waals surface area contributed by atoms with Gasteiger partial charge in [0.15, 0.2) is 0 Å². The molecule has 22 heteroatoms. The third-order valence-electron chi connectivity index (χ3n) is 4.43. The summed E-state index contributed by atoms with van der Waals surface area (Å²) in [7, 11) is 0. The molecule has 204 valence electrons. The van der Waals surface area contributed by atoms with E-state index in [0.717, 1.165) is 0 Å². The van der Waals surface area contributed by atoms with Crippen molar-refractivity contribution in [3.8, 4) is 11.5 Å². The number of nitrogens with zero attached hydrogens (tertiary/aromatic N) is 6. The maximum atomic E-state index is 11.1. The fraction of sp³-hybridized carbons (Fsp3) is 0.250. The van der Waals surface area contributed by atoms with E-state index in [1.54, 1.807) is 0 Å². The van der Waals surface area contributed by atoms with Gasteiger partial charge in [-0.25, -0.2) is 0 Å². The summed E-state index contributed by atoms with van der Waals surface area (Å²) in [4.78, 5) is 55.0. The van der Waals surface area contributed by atoms with E-state index in [1.165, 1.54) is 26.2 Å². The molecule has 2 aromatic rings. The second-order valence-electron chi connectivity index (χ2n) is 6.90. The van der Waals surface area contributed by atoms with Crippen molar-refractivity contribution in [3.05, 3.63) is 85.0 Å². The van der Waals surface area contributed by atoms with Crippen molar-refractivity contribution in [1.82, 2.24) is 0 Å². The van der Waals surface area contributed by atoms with Gasteiger partial charge in [-0.2, -0.15) is 0 Å². The van der Waals surface area contributed by atoms with Crippen LogP contribution in [0.3, 0.4) is 0 Å². The van der Waals surface area contributed by atoms with Crippen LogP contribution in [-0.4, -0.2) is 55.7 Å². The van der Waals surface area contributed by atoms with Gasteiger partial charge in [-0.1, -0.05) is 0 Å². The molecule has 38 heavy (non-hydrogen) atoms. The van der Waals surface area contributed by atoms with Crippen LogP contribution in [0.2, 0.25) is 0 Å². The van der Waals surface area contributed by atoms with Crippen molar-refractivity contribution >= 4 is 34.1 Å². The predicted octanol–water partition coefficient (Wildman–Crippen LogP) is -1.90. The van der Waals surface area contributed by atoms with E-state index in [9.17, 15) is 70.9 Å². The summed E-state index contributed by atoms with van der Waals surface area (Å²) >= 11 is 0. The first-order chi connectivity index (χ1) is 17.7. The molecule has 22 nitrogen and oxygen atoms in total. The Bertz CT molecular complexity index is 1110. The first kappa shape index (κ1) is 30.4. The van der Waals surface area contributed by atoms with Gasteiger partial charge in [0, 0.05) is 0 Å². The third kappa shape index (κ3) is 8.24. The number of hydrogen-bond acceptors (Lipinski definition) is 14. The molecule has 2 aromatic carbocycles. The normalized spacial score (nSPS) is 12.0. The van der Waals surface area contributed by atoms with Crippen molar-refractivity contribution in [1.29, 1.82) is 0 Å². The van der Waals surface area contributed by atoms with Crippen LogP contribution < -0.4 is 20.8 Å². The second kappa shape index (κ2) is 13.4. The largest absolute Gasteiger partial charge is 0.863 e. The van der Waals surface area contributed by atoms with E-state index < -0.39 is 75.2 Å². The van der Waals surface area contributed by atoms with Crippen LogP contribution in [0.4, 0.5) is 34.1 Å². The van der Waals surface area contributed by atoms with Crippen LogP contribution in [-0.2, 0) is 0 Å². The number of rotatable bonds is 6. The van der Waals surface area contributed by atoms with E-state index in [1.807, 2.05) is 0 Å². The van der Waals surface area contributed by atoms with E-state index in [2.05, 4.69) is 10.6 Å². The smallest absolute Gasteiger partial charge is 0.283 e. The number of nitro groups is 6. The Balaban J connectivity index is 0.000000312. The molecule has 1 aliphatic rings. The predicted molar refractivity (Wildman–Crippen MR) is 115 cm³/mol. The van der Waals surface area contributed by atoms with Gasteiger partial charge in [0.25, 0.3) is 34.1 Å². The first-order valence-corrected chi connectivity index (χ1v) is 9.88. The zero-order valence-corrected chi connectivity index (χ0v) is 18.7. The Labute approximate surface area is 208 Å². The summed E-state index contributed by atoms with van der Waals surface area (Å²) in [5.74, 6) is -2.92. The second-order valence-corrected chi connectivity index (χ2v) is 6.90. The van der Waals surface area contributed by atoms with Crippen molar-refractivity contribution in [2.75, 3.05) is 26.2 Å². The van der Waals surface area contributed by atoms with Crippen molar-refractivity contribution in [2.45, 2.75) is 0 Å². The number of benzene rings is 2. The molecule has 0 aromatic heterocycles. The molecule has 0 radical (unpaired) electrons. The maximum Gasteiger partial charge on any atom is 0.283 e. The minimum Gasteiger partial charge on any atom is -0.863 e. The van der Waals surface area contributed by atoms with E-state index in [4.69, 9.17) is 0 Å². The summed E-state index contributed by atoms with van der Waals surface area (Å²) in [5.41, 5.74) is -6.53. The Morgan fingerprint density at radius 2 is 0.658 bits per heavy atom. The molecule has 1 aliphatic heterocycles. The Morgan fingerprint density at radius 1 is 0.447 bits per heavy atom. The number of nitrogens with two attached hydrogens (primary N) is 2. The lowest BCUT2D eigenvalue weighted by Crippen LogP contribution is -3.04. The van der Waals surface area contributed by atoms with Crippen LogP contribution in [0.15, 0.2) is 24.3 Å². The fourth-order valence-electron chi connectivity index (χ4n) is 2.68. The number of piperazine rings is 1. The topological polar surface area (TPSA) is 338 Å². The molecule has 0 atom stereocenters. The molecule has 4 N–H and O–H groups in total. The monoisotopic (exact) mass is 544 g/mol. The van der Waals surface area contributed by atoms with Gasteiger partial charge >= 0.3 is 0 Å². The molecule has 0 bridgehead atoms. The Morgan fingerprint density at radius 3 is 0.789 bits per heavy atom. The van der Waals surface area contributed by atoms with Crippen LogP contribution >= 0.6 is 0 Å². The van der Waals surface area contributed by atoms with Crippen molar-refractivity contribution in [2.24, 2.45) is 0 Å². The van der Waals surface area contributed by atoms with Gasteiger partial charge in [-0.05, 0) is 0 Å². The Hall–Kier alpha value is -5.64. The number of hydrogen-bond donors (Lipinski definition) is 2. The van der Waals surface area contributed by atoms with Gasteiger partial charge in [0.1, 0.15) is 26.2 Å². The highest BCUT2D eigenvalue weighted by Gasteiger charge is 2.25. The van der Waals surface area contributed by atoms with Crippen molar-refractivity contribution in [3.63, 3.8) is 0 Å². The highest BCUT2D eigenvalue weighted by atomic mass is 16.7. The minimum absolute atomic E-state index is 0.384. The maximum absolute atomic E-state index is 11.1. The highest BCUT2D eigenvalue weighted by molar-refractivity contribution is 5.64. The minimum atomic E-state index is -1.46. The number of quaternary nitrogens is 2. The van der Waals surface area contributed by atoms with E-state index in [0.29, 0.717) is 24.3 Å². The molecule has 0 aliphatic carbocycles. The van der Waals surface area contributed by atoms with Gasteiger partial charge in [-0.15, -0.1) is 0 Å². The molecule has 0 saturated carbocycles. The molecule has 0 amide bonds. The summed E-state index contributed by atoms with van der Waals surface area (Å²) in [6.45, 7) is 5.28. The fourth-order valence-corrected chi connectivity index (χ4v) is 2.68. The summed E-state index contributed by atoms with van der Waals surface area (Å²) in [5, 5.41) is 88.9. The van der Waals surface area contributed by atoms with Crippen LogP contribution in [0, 0.1) is 60.7 Å². The highest BCUT2D eigenvalue weighted by Crippen LogP contribution is 2.37. The molecule has 0 spiro atoms. The first-order valence-electron chi connectivity index (χ1n) is 9.88. The van der Waals surface area contributed by atoms with E-state index in [-0.39, 0.29) is 0 Å². The molecule has 1 fully saturated rings. The van der Waals surface area contributed by atoms with Gasteiger partial charge in [0.2, 0.25) is 0 Å². The van der Waals surface area contributed by atoms with Crippen molar-refractivity contribution < 1.29 is 50.4 Å². The summed E-state index contributed by atoms with van der Waals surface area (Å²) < 4.78 is 0. The lowest BCUT2D eigenvalue weighted by molar-refractivity contribution is -0.787. The SMILES string of the molecule is C1C[NH2+]CC[NH2+]1.O=[N+]([O-])c1cc([N+](=O)[O-])c([O-])c([N+](=O)[O-])c1.O=[N+]([O-])c1cc([N+](=O)[O-])c([O-])c([N+](=O)[O-])c1. The van der Waals surface area contributed by atoms with Crippen LogP contribution in [0.1, 0.15) is 0 Å². The van der Waals surface area contributed by atoms with Gasteiger partial charge < -0.3 is 20.8 Å². The Kier molecular flexibility index (Phi) is 10.8. The van der Waals surface area contributed by atoms with Gasteiger partial charge in [0.05, 0.1) is 65.3 Å². The van der Waals surface area contributed by atoms with Crippen LogP contribution in [0.5, 0.6) is 11.5 Å². The third-order valence-corrected chi connectivity index (χ3v) is 4.43. The van der Waals surface area contributed by atoms with Gasteiger partial charge in [-0.3, -0.25) is 60.7 Å². The molecule has 1 saturated heterocycles. The summed E-state index contributed by atoms with van der Waals surface area (Å²) in [6, 6.07) is 1.54. The molecule has 3 rings (SSSR count). The molecular weight excluding hydrogens is 528 g/mol. The van der Waals surface area contributed by atoms with Crippen LogP contribution in [0.25, 0.3) is 0 Å². The lowest BCUT2D eigenvalue weighted by atomic mass is 10.2. The molecule has 0 unspecified atom stereocenters. The standard InChI is InChI=1S/2C6H3N3O7.C4H10N2/c2*10-6-4(8(13)14)1-3(7(11)12)2-5(6)9(15)16;1-2-6-4-3-5-1/h2*1-2,10H;5-6H,1-4H2. The lowest BCUT2D eigenvalue weighted by Gasteiger charge is -2.06. The molecular formula is C16H16N8O14. The average Bonchev–Trinajstić information content (AvgIpc) is 2.85. The number of nitro benzene ring substituents is 6.